The molecule has 0 unspecified atom stereocenters. The minimum atomic E-state index is 0.691. The van der Waals surface area contributed by atoms with E-state index in [4.69, 9.17) is 14.7 Å². The first kappa shape index (κ1) is 28.6. The fourth-order valence-corrected chi connectivity index (χ4v) is 6.68. The first-order valence-electron chi connectivity index (χ1n) is 16.5. The van der Waals surface area contributed by atoms with Crippen LogP contribution >= 0.6 is 0 Å². The minimum absolute atomic E-state index is 0.691. The van der Waals surface area contributed by atoms with Crippen molar-refractivity contribution in [3.8, 4) is 67.7 Å². The van der Waals surface area contributed by atoms with Gasteiger partial charge in [-0.3, -0.25) is 0 Å². The van der Waals surface area contributed by atoms with Gasteiger partial charge in [-0.25, -0.2) is 9.97 Å². The largest absolute Gasteiger partial charge is 0.455 e. The number of ether oxygens (including phenoxy) is 1. The van der Waals surface area contributed by atoms with Gasteiger partial charge in [-0.2, -0.15) is 0 Å². The standard InChI is InChI=1S/C46H30N2O/c1-3-15-34(16-4-1)42-30-43(48-46(47-42)35-17-5-2-6-18-35)36-26-25-33-24-23-31-13-7-9-19-37(31)39-21-11-12-22-44(39)49-45-38-20-10-8-14-32(38)27-28-40(45)41(33)29-36/h1-30H. The van der Waals surface area contributed by atoms with Crippen molar-refractivity contribution in [3.05, 3.63) is 181 Å². The Morgan fingerprint density at radius 3 is 1.84 bits per heavy atom. The zero-order chi connectivity index (χ0) is 32.6. The Morgan fingerprint density at radius 1 is 0.388 bits per heavy atom. The van der Waals surface area contributed by atoms with Gasteiger partial charge in [0.2, 0.25) is 0 Å². The molecule has 1 aromatic heterocycles. The quantitative estimate of drug-likeness (QED) is 0.196. The molecular formula is C46H30N2O. The van der Waals surface area contributed by atoms with Crippen LogP contribution in [0.1, 0.15) is 11.1 Å². The van der Waals surface area contributed by atoms with E-state index in [0.717, 1.165) is 83.7 Å². The van der Waals surface area contributed by atoms with Gasteiger partial charge in [0.15, 0.2) is 5.82 Å². The maximum Gasteiger partial charge on any atom is 0.160 e. The highest BCUT2D eigenvalue weighted by Gasteiger charge is 2.20. The summed E-state index contributed by atoms with van der Waals surface area (Å²) in [5.74, 6) is 2.34. The van der Waals surface area contributed by atoms with E-state index >= 15 is 0 Å². The number of rotatable bonds is 3. The van der Waals surface area contributed by atoms with Crippen LogP contribution in [0.5, 0.6) is 11.5 Å². The number of fused-ring (bicyclic) bond motifs is 8. The second-order valence-electron chi connectivity index (χ2n) is 12.2. The van der Waals surface area contributed by atoms with Crippen molar-refractivity contribution in [2.24, 2.45) is 0 Å². The summed E-state index contributed by atoms with van der Waals surface area (Å²) in [6.07, 6.45) is 4.43. The Labute approximate surface area is 285 Å². The van der Waals surface area contributed by atoms with Crippen LogP contribution in [0.15, 0.2) is 170 Å². The normalized spacial score (nSPS) is 11.8. The molecule has 0 saturated carbocycles. The minimum Gasteiger partial charge on any atom is -0.455 e. The van der Waals surface area contributed by atoms with Gasteiger partial charge in [0.05, 0.1) is 11.4 Å². The SMILES string of the molecule is C1=Cc2ccc(-c3cc(-c4ccccc4)nc(-c4ccccc4)n3)cc2-c2ccc3ccccc3c2Oc2ccccc2-c2ccccc21. The van der Waals surface area contributed by atoms with Crippen LogP contribution < -0.4 is 4.74 Å². The van der Waals surface area contributed by atoms with Crippen LogP contribution in [-0.2, 0) is 0 Å². The monoisotopic (exact) mass is 626 g/mol. The lowest BCUT2D eigenvalue weighted by molar-refractivity contribution is 0.492. The van der Waals surface area contributed by atoms with Gasteiger partial charge in [0.1, 0.15) is 11.5 Å². The average molecular weight is 627 g/mol. The summed E-state index contributed by atoms with van der Waals surface area (Å²) in [6.45, 7) is 0. The Morgan fingerprint density at radius 2 is 1.02 bits per heavy atom. The second kappa shape index (κ2) is 12.2. The van der Waals surface area contributed by atoms with Gasteiger partial charge in [-0.15, -0.1) is 0 Å². The molecule has 7 aromatic carbocycles. The van der Waals surface area contributed by atoms with Gasteiger partial charge in [0, 0.05) is 33.2 Å². The van der Waals surface area contributed by atoms with Gasteiger partial charge in [0.25, 0.3) is 0 Å². The third-order valence-electron chi connectivity index (χ3n) is 9.14. The first-order valence-corrected chi connectivity index (χ1v) is 16.5. The molecule has 49 heavy (non-hydrogen) atoms. The summed E-state index contributed by atoms with van der Waals surface area (Å²) >= 11 is 0. The average Bonchev–Trinajstić information content (AvgIpc) is 3.20. The maximum atomic E-state index is 7.05. The number of benzene rings is 7. The molecule has 0 fully saturated rings. The van der Waals surface area contributed by atoms with E-state index in [1.807, 2.05) is 42.5 Å². The van der Waals surface area contributed by atoms with Crippen molar-refractivity contribution in [2.75, 3.05) is 0 Å². The fraction of sp³-hybridized carbons (Fsp3) is 0. The molecule has 0 atom stereocenters. The lowest BCUT2D eigenvalue weighted by Crippen LogP contribution is -1.97. The van der Waals surface area contributed by atoms with Crippen LogP contribution in [0.25, 0.3) is 79.1 Å². The lowest BCUT2D eigenvalue weighted by atomic mass is 9.92. The highest BCUT2D eigenvalue weighted by molar-refractivity contribution is 5.99. The molecule has 0 N–H and O–H groups in total. The third kappa shape index (κ3) is 5.38. The van der Waals surface area contributed by atoms with Crippen LogP contribution in [0.3, 0.4) is 0 Å². The summed E-state index contributed by atoms with van der Waals surface area (Å²) in [5, 5.41) is 2.18. The predicted octanol–water partition coefficient (Wildman–Crippen LogP) is 12.2. The Hall–Kier alpha value is -6.58. The van der Waals surface area contributed by atoms with Crippen molar-refractivity contribution >= 4 is 22.9 Å². The lowest BCUT2D eigenvalue weighted by Gasteiger charge is -2.18. The van der Waals surface area contributed by atoms with Crippen molar-refractivity contribution < 1.29 is 4.74 Å². The summed E-state index contributed by atoms with van der Waals surface area (Å²) in [4.78, 5) is 10.2. The molecule has 9 rings (SSSR count). The molecule has 3 nitrogen and oxygen atoms in total. The number of aromatic nitrogens is 2. The molecule has 0 saturated heterocycles. The molecule has 0 spiro atoms. The van der Waals surface area contributed by atoms with Crippen molar-refractivity contribution in [1.82, 2.24) is 9.97 Å². The summed E-state index contributed by atoms with van der Waals surface area (Å²) in [6, 6.07) is 58.8. The molecule has 0 amide bonds. The summed E-state index contributed by atoms with van der Waals surface area (Å²) in [7, 11) is 0. The Kier molecular flexibility index (Phi) is 7.14. The molecule has 0 radical (unpaired) electrons. The van der Waals surface area contributed by atoms with Crippen molar-refractivity contribution in [2.45, 2.75) is 0 Å². The molecule has 0 aliphatic carbocycles. The number of hydrogen-bond acceptors (Lipinski definition) is 3. The van der Waals surface area contributed by atoms with Crippen LogP contribution in [-0.4, -0.2) is 9.97 Å². The third-order valence-corrected chi connectivity index (χ3v) is 9.14. The van der Waals surface area contributed by atoms with E-state index in [-0.39, 0.29) is 0 Å². The van der Waals surface area contributed by atoms with E-state index in [2.05, 4.69) is 140 Å². The van der Waals surface area contributed by atoms with Crippen molar-refractivity contribution in [1.29, 1.82) is 0 Å². The smallest absolute Gasteiger partial charge is 0.160 e. The molecule has 1 aliphatic rings. The second-order valence-corrected chi connectivity index (χ2v) is 12.2. The zero-order valence-corrected chi connectivity index (χ0v) is 26.6. The molecular weight excluding hydrogens is 597 g/mol. The van der Waals surface area contributed by atoms with E-state index in [0.29, 0.717) is 5.82 Å². The number of hydrogen-bond donors (Lipinski definition) is 0. The van der Waals surface area contributed by atoms with E-state index < -0.39 is 0 Å². The van der Waals surface area contributed by atoms with Gasteiger partial charge < -0.3 is 4.74 Å². The predicted molar refractivity (Wildman–Crippen MR) is 202 cm³/mol. The highest BCUT2D eigenvalue weighted by Crippen LogP contribution is 2.45. The first-order chi connectivity index (χ1) is 24.3. The summed E-state index contributed by atoms with van der Waals surface area (Å²) in [5.41, 5.74) is 11.2. The van der Waals surface area contributed by atoms with Gasteiger partial charge >= 0.3 is 0 Å². The highest BCUT2D eigenvalue weighted by atomic mass is 16.5. The molecule has 2 heterocycles. The molecule has 3 heteroatoms. The van der Waals surface area contributed by atoms with Crippen molar-refractivity contribution in [3.63, 3.8) is 0 Å². The summed E-state index contributed by atoms with van der Waals surface area (Å²) < 4.78 is 7.05. The number of para-hydroxylation sites is 1. The maximum absolute atomic E-state index is 7.05. The van der Waals surface area contributed by atoms with Gasteiger partial charge in [-0.1, -0.05) is 158 Å². The molecule has 8 aromatic rings. The van der Waals surface area contributed by atoms with E-state index in [1.165, 1.54) is 0 Å². The number of nitrogens with zero attached hydrogens (tertiary/aromatic N) is 2. The van der Waals surface area contributed by atoms with E-state index in [9.17, 15) is 0 Å². The van der Waals surface area contributed by atoms with Crippen LogP contribution in [0.4, 0.5) is 0 Å². The fourth-order valence-electron chi connectivity index (χ4n) is 6.68. The molecule has 1 aliphatic heterocycles. The molecule has 230 valence electrons. The zero-order valence-electron chi connectivity index (χ0n) is 26.6. The van der Waals surface area contributed by atoms with Crippen LogP contribution in [0.2, 0.25) is 0 Å². The van der Waals surface area contributed by atoms with Gasteiger partial charge in [-0.05, 0) is 51.9 Å². The molecule has 0 bridgehead atoms. The topological polar surface area (TPSA) is 35.0 Å². The Bertz CT molecular complexity index is 2460. The van der Waals surface area contributed by atoms with Crippen LogP contribution in [0, 0.1) is 0 Å². The Balaban J connectivity index is 1.30. The van der Waals surface area contributed by atoms with E-state index in [1.54, 1.807) is 0 Å².